The van der Waals surface area contributed by atoms with E-state index in [4.69, 9.17) is 9.84 Å². The number of ether oxygens (including phenoxy) is 1. The second kappa shape index (κ2) is 5.72. The van der Waals surface area contributed by atoms with Crippen LogP contribution in [0.3, 0.4) is 0 Å². The summed E-state index contributed by atoms with van der Waals surface area (Å²) in [6.07, 6.45) is 0.125. The fraction of sp³-hybridized carbons (Fsp3) is 0.533. The summed E-state index contributed by atoms with van der Waals surface area (Å²) in [5.41, 5.74) is 0.839. The fourth-order valence-corrected chi connectivity index (χ4v) is 2.62. The molecule has 1 aliphatic heterocycles. The molecule has 0 saturated carbocycles. The maximum atomic E-state index is 11.1. The van der Waals surface area contributed by atoms with E-state index in [9.17, 15) is 4.79 Å². The number of carboxylic acids is 1. The quantitative estimate of drug-likeness (QED) is 0.905. The van der Waals surface area contributed by atoms with Gasteiger partial charge in [0.1, 0.15) is 0 Å². The van der Waals surface area contributed by atoms with E-state index in [0.717, 1.165) is 18.7 Å². The van der Waals surface area contributed by atoms with E-state index in [1.165, 1.54) is 0 Å². The minimum atomic E-state index is -0.766. The molecule has 0 amide bonds. The molecule has 0 aliphatic carbocycles. The van der Waals surface area contributed by atoms with Gasteiger partial charge in [-0.05, 0) is 19.4 Å². The highest BCUT2D eigenvalue weighted by molar-refractivity contribution is 5.68. The van der Waals surface area contributed by atoms with E-state index in [1.807, 2.05) is 44.2 Å². The normalized spacial score (nSPS) is 20.9. The van der Waals surface area contributed by atoms with Gasteiger partial charge in [0.25, 0.3) is 0 Å². The third kappa shape index (κ3) is 3.78. The number of carbonyl (C=O) groups is 1. The average molecular weight is 263 g/mol. The van der Waals surface area contributed by atoms with E-state index in [-0.39, 0.29) is 18.1 Å². The van der Waals surface area contributed by atoms with Crippen molar-refractivity contribution in [2.24, 2.45) is 0 Å². The molecule has 1 fully saturated rings. The van der Waals surface area contributed by atoms with Crippen LogP contribution in [0.25, 0.3) is 0 Å². The lowest BCUT2D eigenvalue weighted by molar-refractivity contribution is -0.141. The van der Waals surface area contributed by atoms with Gasteiger partial charge in [-0.2, -0.15) is 0 Å². The first-order valence-electron chi connectivity index (χ1n) is 6.63. The van der Waals surface area contributed by atoms with Gasteiger partial charge in [0, 0.05) is 19.1 Å². The van der Waals surface area contributed by atoms with Crippen LogP contribution < -0.4 is 0 Å². The standard InChI is InChI=1S/C15H21NO3/c1-15(2)11-16(8-9-19-15)13(10-14(17)18)12-6-4-3-5-7-12/h3-7,13H,8-11H2,1-2H3,(H,17,18). The lowest BCUT2D eigenvalue weighted by Gasteiger charge is -2.42. The lowest BCUT2D eigenvalue weighted by atomic mass is 9.98. The molecule has 2 rings (SSSR count). The van der Waals surface area contributed by atoms with Gasteiger partial charge in [0.05, 0.1) is 18.6 Å². The van der Waals surface area contributed by atoms with Crippen LogP contribution in [0, 0.1) is 0 Å². The highest BCUT2D eigenvalue weighted by Crippen LogP contribution is 2.29. The van der Waals surface area contributed by atoms with Crippen molar-refractivity contribution in [3.05, 3.63) is 35.9 Å². The highest BCUT2D eigenvalue weighted by atomic mass is 16.5. The van der Waals surface area contributed by atoms with Crippen molar-refractivity contribution in [3.63, 3.8) is 0 Å². The maximum absolute atomic E-state index is 11.1. The van der Waals surface area contributed by atoms with Crippen molar-refractivity contribution in [2.75, 3.05) is 19.7 Å². The molecule has 0 radical (unpaired) electrons. The second-order valence-corrected chi connectivity index (χ2v) is 5.60. The number of hydrogen-bond donors (Lipinski definition) is 1. The van der Waals surface area contributed by atoms with Crippen LogP contribution in [0.2, 0.25) is 0 Å². The van der Waals surface area contributed by atoms with Crippen molar-refractivity contribution in [2.45, 2.75) is 31.9 Å². The van der Waals surface area contributed by atoms with Gasteiger partial charge >= 0.3 is 5.97 Å². The number of nitrogens with zero attached hydrogens (tertiary/aromatic N) is 1. The predicted molar refractivity (Wildman–Crippen MR) is 73.0 cm³/mol. The summed E-state index contributed by atoms with van der Waals surface area (Å²) in [4.78, 5) is 13.3. The molecule has 104 valence electrons. The molecule has 1 aromatic rings. The van der Waals surface area contributed by atoms with Crippen LogP contribution in [-0.4, -0.2) is 41.3 Å². The molecular weight excluding hydrogens is 242 g/mol. The highest BCUT2D eigenvalue weighted by Gasteiger charge is 2.32. The molecule has 1 unspecified atom stereocenters. The largest absolute Gasteiger partial charge is 0.481 e. The van der Waals surface area contributed by atoms with Gasteiger partial charge in [-0.15, -0.1) is 0 Å². The average Bonchev–Trinajstić information content (AvgIpc) is 2.35. The van der Waals surface area contributed by atoms with Crippen LogP contribution in [0.1, 0.15) is 31.9 Å². The lowest BCUT2D eigenvalue weighted by Crippen LogP contribution is -2.49. The van der Waals surface area contributed by atoms with Crippen LogP contribution in [0.15, 0.2) is 30.3 Å². The summed E-state index contributed by atoms with van der Waals surface area (Å²) >= 11 is 0. The summed E-state index contributed by atoms with van der Waals surface area (Å²) < 4.78 is 5.70. The smallest absolute Gasteiger partial charge is 0.305 e. The van der Waals surface area contributed by atoms with Crippen LogP contribution in [-0.2, 0) is 9.53 Å². The zero-order valence-electron chi connectivity index (χ0n) is 11.5. The Labute approximate surface area is 114 Å². The van der Waals surface area contributed by atoms with E-state index in [0.29, 0.717) is 6.61 Å². The number of hydrogen-bond acceptors (Lipinski definition) is 3. The first-order chi connectivity index (χ1) is 8.98. The first-order valence-corrected chi connectivity index (χ1v) is 6.63. The van der Waals surface area contributed by atoms with Crippen molar-refractivity contribution in [1.29, 1.82) is 0 Å². The minimum Gasteiger partial charge on any atom is -0.481 e. The van der Waals surface area contributed by atoms with E-state index in [1.54, 1.807) is 0 Å². The van der Waals surface area contributed by atoms with Crippen molar-refractivity contribution in [1.82, 2.24) is 4.90 Å². The van der Waals surface area contributed by atoms with Crippen molar-refractivity contribution in [3.8, 4) is 0 Å². The summed E-state index contributed by atoms with van der Waals surface area (Å²) in [5, 5.41) is 9.15. The van der Waals surface area contributed by atoms with Gasteiger partial charge in [0.15, 0.2) is 0 Å². The molecule has 1 N–H and O–H groups in total. The zero-order chi connectivity index (χ0) is 13.9. The molecule has 0 bridgehead atoms. The summed E-state index contributed by atoms with van der Waals surface area (Å²) in [6, 6.07) is 9.77. The van der Waals surface area contributed by atoms with Gasteiger partial charge in [0.2, 0.25) is 0 Å². The topological polar surface area (TPSA) is 49.8 Å². The molecule has 0 aromatic heterocycles. The Hall–Kier alpha value is -1.39. The summed E-state index contributed by atoms with van der Waals surface area (Å²) in [5.74, 6) is -0.766. The van der Waals surface area contributed by atoms with Gasteiger partial charge in [-0.1, -0.05) is 30.3 Å². The predicted octanol–water partition coefficient (Wildman–Crippen LogP) is 2.31. The Balaban J connectivity index is 2.20. The number of rotatable bonds is 4. The summed E-state index contributed by atoms with van der Waals surface area (Å²) in [7, 11) is 0. The molecule has 1 atom stereocenters. The third-order valence-electron chi connectivity index (χ3n) is 3.45. The molecule has 19 heavy (non-hydrogen) atoms. The SMILES string of the molecule is CC1(C)CN(C(CC(=O)O)c2ccccc2)CCO1. The summed E-state index contributed by atoms with van der Waals surface area (Å²) in [6.45, 7) is 6.26. The molecule has 0 spiro atoms. The monoisotopic (exact) mass is 263 g/mol. The minimum absolute atomic E-state index is 0.0816. The maximum Gasteiger partial charge on any atom is 0.305 e. The van der Waals surface area contributed by atoms with Crippen molar-refractivity contribution >= 4 is 5.97 Å². The van der Waals surface area contributed by atoms with E-state index in [2.05, 4.69) is 4.90 Å². The molecule has 1 heterocycles. The molecule has 4 nitrogen and oxygen atoms in total. The molecule has 4 heteroatoms. The fourth-order valence-electron chi connectivity index (χ4n) is 2.62. The van der Waals surface area contributed by atoms with Gasteiger partial charge in [-0.3, -0.25) is 9.69 Å². The molecular formula is C15H21NO3. The first kappa shape index (κ1) is 14.0. The number of benzene rings is 1. The third-order valence-corrected chi connectivity index (χ3v) is 3.45. The number of morpholine rings is 1. The molecule has 1 saturated heterocycles. The van der Waals surface area contributed by atoms with Crippen LogP contribution in [0.4, 0.5) is 0 Å². The molecule has 1 aromatic carbocycles. The van der Waals surface area contributed by atoms with E-state index >= 15 is 0 Å². The Morgan fingerprint density at radius 2 is 2.11 bits per heavy atom. The van der Waals surface area contributed by atoms with Gasteiger partial charge < -0.3 is 9.84 Å². The Morgan fingerprint density at radius 1 is 1.42 bits per heavy atom. The number of aliphatic carboxylic acids is 1. The second-order valence-electron chi connectivity index (χ2n) is 5.60. The zero-order valence-corrected chi connectivity index (χ0v) is 11.5. The van der Waals surface area contributed by atoms with Crippen LogP contribution in [0.5, 0.6) is 0 Å². The Morgan fingerprint density at radius 3 is 2.68 bits per heavy atom. The van der Waals surface area contributed by atoms with E-state index < -0.39 is 5.97 Å². The Kier molecular flexibility index (Phi) is 4.22. The van der Waals surface area contributed by atoms with Crippen molar-refractivity contribution < 1.29 is 14.6 Å². The Bertz CT molecular complexity index is 430. The van der Waals surface area contributed by atoms with Gasteiger partial charge in [-0.25, -0.2) is 0 Å². The van der Waals surface area contributed by atoms with Crippen LogP contribution >= 0.6 is 0 Å². The number of carboxylic acid groups (broad SMARTS) is 1. The molecule has 1 aliphatic rings.